The highest BCUT2D eigenvalue weighted by atomic mass is 16.5. The molecule has 1 rings (SSSR count). The number of nitrogens with one attached hydrogen (secondary N) is 1. The summed E-state index contributed by atoms with van der Waals surface area (Å²) in [5, 5.41) is 3.10. The van der Waals surface area contributed by atoms with Crippen LogP contribution in [0.3, 0.4) is 0 Å². The molecule has 0 unspecified atom stereocenters. The van der Waals surface area contributed by atoms with E-state index in [1.807, 2.05) is 40.0 Å². The van der Waals surface area contributed by atoms with Crippen LogP contribution in [0.15, 0.2) is 24.3 Å². The number of carbonyl (C=O) groups is 1. The van der Waals surface area contributed by atoms with Crippen molar-refractivity contribution in [1.82, 2.24) is 5.32 Å². The largest absolute Gasteiger partial charge is 0.461 e. The molecule has 0 radical (unpaired) electrons. The lowest BCUT2D eigenvalue weighted by Crippen LogP contribution is -2.19. The van der Waals surface area contributed by atoms with Gasteiger partial charge >= 0.3 is 5.97 Å². The molecule has 3 heteroatoms. The zero-order valence-corrected chi connectivity index (χ0v) is 11.7. The molecule has 3 nitrogen and oxygen atoms in total. The predicted molar refractivity (Wildman–Crippen MR) is 73.0 cm³/mol. The Morgan fingerprint density at radius 2 is 1.94 bits per heavy atom. The molecule has 1 aromatic carbocycles. The summed E-state index contributed by atoms with van der Waals surface area (Å²) in [6.45, 7) is 7.14. The highest BCUT2D eigenvalue weighted by molar-refractivity contribution is 5.72. The number of benzene rings is 1. The van der Waals surface area contributed by atoms with Crippen LogP contribution in [0.25, 0.3) is 0 Å². The van der Waals surface area contributed by atoms with Gasteiger partial charge in [0.05, 0.1) is 5.92 Å². The average molecular weight is 249 g/mol. The summed E-state index contributed by atoms with van der Waals surface area (Å²) in [6, 6.07) is 8.08. The Morgan fingerprint density at radius 3 is 2.56 bits per heavy atom. The molecule has 1 aromatic rings. The second-order valence-corrected chi connectivity index (χ2v) is 4.99. The van der Waals surface area contributed by atoms with E-state index < -0.39 is 0 Å². The molecular weight excluding hydrogens is 226 g/mol. The molecule has 18 heavy (non-hydrogen) atoms. The Hall–Kier alpha value is -1.35. The Morgan fingerprint density at radius 1 is 1.28 bits per heavy atom. The van der Waals surface area contributed by atoms with E-state index in [1.165, 1.54) is 5.56 Å². The van der Waals surface area contributed by atoms with Gasteiger partial charge in [-0.15, -0.1) is 0 Å². The molecule has 0 bridgehead atoms. The molecule has 0 fully saturated rings. The van der Waals surface area contributed by atoms with Gasteiger partial charge in [0, 0.05) is 6.54 Å². The first kappa shape index (κ1) is 14.7. The Labute approximate surface area is 110 Å². The van der Waals surface area contributed by atoms with E-state index in [0.717, 1.165) is 12.1 Å². The topological polar surface area (TPSA) is 38.3 Å². The maximum Gasteiger partial charge on any atom is 0.309 e. The normalized spacial score (nSPS) is 12.5. The summed E-state index contributed by atoms with van der Waals surface area (Å²) in [7, 11) is 1.91. The van der Waals surface area contributed by atoms with Gasteiger partial charge in [-0.05, 0) is 24.1 Å². The first-order valence-corrected chi connectivity index (χ1v) is 6.43. The van der Waals surface area contributed by atoms with Crippen molar-refractivity contribution in [3.8, 4) is 0 Å². The first-order chi connectivity index (χ1) is 8.54. The van der Waals surface area contributed by atoms with Crippen LogP contribution >= 0.6 is 0 Å². The fourth-order valence-corrected chi connectivity index (χ4v) is 1.59. The molecule has 0 aliphatic carbocycles. The van der Waals surface area contributed by atoms with Crippen molar-refractivity contribution in [3.05, 3.63) is 35.4 Å². The third-order valence-corrected chi connectivity index (χ3v) is 3.13. The van der Waals surface area contributed by atoms with Crippen LogP contribution in [0, 0.1) is 11.8 Å². The monoisotopic (exact) mass is 249 g/mol. The van der Waals surface area contributed by atoms with Crippen LogP contribution in [0.4, 0.5) is 0 Å². The molecule has 0 saturated carbocycles. The highest BCUT2D eigenvalue weighted by Crippen LogP contribution is 2.13. The molecule has 100 valence electrons. The SMILES string of the molecule is CNCc1cccc(COC(=O)[C@@H](C)C(C)C)c1. The van der Waals surface area contributed by atoms with Gasteiger partial charge in [-0.3, -0.25) is 4.79 Å². The smallest absolute Gasteiger partial charge is 0.309 e. The lowest BCUT2D eigenvalue weighted by molar-refractivity contribution is -0.150. The van der Waals surface area contributed by atoms with E-state index in [9.17, 15) is 4.79 Å². The third-order valence-electron chi connectivity index (χ3n) is 3.13. The van der Waals surface area contributed by atoms with E-state index in [2.05, 4.69) is 17.4 Å². The van der Waals surface area contributed by atoms with Gasteiger partial charge in [-0.2, -0.15) is 0 Å². The lowest BCUT2D eigenvalue weighted by atomic mass is 9.99. The number of carbonyl (C=O) groups excluding carboxylic acids is 1. The Balaban J connectivity index is 2.53. The van der Waals surface area contributed by atoms with Gasteiger partial charge in [0.15, 0.2) is 0 Å². The van der Waals surface area contributed by atoms with Crippen molar-refractivity contribution in [2.24, 2.45) is 11.8 Å². The number of ether oxygens (including phenoxy) is 1. The molecule has 1 atom stereocenters. The number of esters is 1. The van der Waals surface area contributed by atoms with Crippen molar-refractivity contribution in [2.75, 3.05) is 7.05 Å². The molecular formula is C15H23NO2. The van der Waals surface area contributed by atoms with Gasteiger partial charge in [0.2, 0.25) is 0 Å². The third kappa shape index (κ3) is 4.49. The summed E-state index contributed by atoms with van der Waals surface area (Å²) in [5.74, 6) is 0.141. The zero-order valence-electron chi connectivity index (χ0n) is 11.7. The van der Waals surface area contributed by atoms with Crippen LogP contribution in [0.2, 0.25) is 0 Å². The van der Waals surface area contributed by atoms with Gasteiger partial charge in [-0.1, -0.05) is 45.0 Å². The molecule has 0 aliphatic heterocycles. The van der Waals surface area contributed by atoms with Crippen molar-refractivity contribution in [2.45, 2.75) is 33.9 Å². The lowest BCUT2D eigenvalue weighted by Gasteiger charge is -2.14. The minimum Gasteiger partial charge on any atom is -0.461 e. The number of hydrogen-bond acceptors (Lipinski definition) is 3. The zero-order chi connectivity index (χ0) is 13.5. The summed E-state index contributed by atoms with van der Waals surface area (Å²) in [5.41, 5.74) is 2.23. The maximum atomic E-state index is 11.7. The average Bonchev–Trinajstić information content (AvgIpc) is 2.36. The molecule has 1 N–H and O–H groups in total. The number of rotatable bonds is 6. The van der Waals surface area contributed by atoms with Crippen molar-refractivity contribution in [3.63, 3.8) is 0 Å². The Kier molecular flexibility index (Phi) is 5.86. The Bertz CT molecular complexity index is 388. The molecule has 0 spiro atoms. The van der Waals surface area contributed by atoms with Crippen molar-refractivity contribution < 1.29 is 9.53 Å². The quantitative estimate of drug-likeness (QED) is 0.788. The van der Waals surface area contributed by atoms with Gasteiger partial charge in [0.25, 0.3) is 0 Å². The van der Waals surface area contributed by atoms with Crippen LogP contribution in [0.5, 0.6) is 0 Å². The molecule has 0 amide bonds. The maximum absolute atomic E-state index is 11.7. The van der Waals surface area contributed by atoms with Crippen LogP contribution in [-0.4, -0.2) is 13.0 Å². The minimum atomic E-state index is -0.121. The van der Waals surface area contributed by atoms with E-state index in [-0.39, 0.29) is 11.9 Å². The predicted octanol–water partition coefficient (Wildman–Crippen LogP) is 2.74. The fourth-order valence-electron chi connectivity index (χ4n) is 1.59. The van der Waals surface area contributed by atoms with Crippen LogP contribution < -0.4 is 5.32 Å². The number of hydrogen-bond donors (Lipinski definition) is 1. The van der Waals surface area contributed by atoms with E-state index in [0.29, 0.717) is 12.5 Å². The van der Waals surface area contributed by atoms with Crippen LogP contribution in [-0.2, 0) is 22.7 Å². The molecule has 0 heterocycles. The summed E-state index contributed by atoms with van der Waals surface area (Å²) < 4.78 is 5.32. The molecule has 0 aliphatic rings. The minimum absolute atomic E-state index is 0.0505. The summed E-state index contributed by atoms with van der Waals surface area (Å²) in [4.78, 5) is 11.7. The van der Waals surface area contributed by atoms with E-state index in [1.54, 1.807) is 0 Å². The van der Waals surface area contributed by atoms with Crippen molar-refractivity contribution in [1.29, 1.82) is 0 Å². The van der Waals surface area contributed by atoms with Gasteiger partial charge < -0.3 is 10.1 Å². The fraction of sp³-hybridized carbons (Fsp3) is 0.533. The van der Waals surface area contributed by atoms with Crippen LogP contribution in [0.1, 0.15) is 31.9 Å². The standard InChI is InChI=1S/C15H23NO2/c1-11(2)12(3)15(17)18-10-14-7-5-6-13(8-14)9-16-4/h5-8,11-12,16H,9-10H2,1-4H3/t12-/m0/s1. The summed E-state index contributed by atoms with van der Waals surface area (Å²) >= 11 is 0. The van der Waals surface area contributed by atoms with Crippen molar-refractivity contribution >= 4 is 5.97 Å². The summed E-state index contributed by atoms with van der Waals surface area (Å²) in [6.07, 6.45) is 0. The van der Waals surface area contributed by atoms with E-state index >= 15 is 0 Å². The highest BCUT2D eigenvalue weighted by Gasteiger charge is 2.17. The van der Waals surface area contributed by atoms with Gasteiger partial charge in [0.1, 0.15) is 6.61 Å². The second-order valence-electron chi connectivity index (χ2n) is 4.99. The van der Waals surface area contributed by atoms with Gasteiger partial charge in [-0.25, -0.2) is 0 Å². The second kappa shape index (κ2) is 7.17. The first-order valence-electron chi connectivity index (χ1n) is 6.43. The van der Waals surface area contributed by atoms with E-state index in [4.69, 9.17) is 4.74 Å². The molecule has 0 saturated heterocycles. The molecule has 0 aromatic heterocycles.